The second kappa shape index (κ2) is 12.7. The van der Waals surface area contributed by atoms with Gasteiger partial charge in [-0.15, -0.1) is 0 Å². The van der Waals surface area contributed by atoms with Crippen molar-refractivity contribution in [1.29, 1.82) is 0 Å². The second-order valence-electron chi connectivity index (χ2n) is 7.84. The first kappa shape index (κ1) is 21.6. The minimum atomic E-state index is 0.702. The highest BCUT2D eigenvalue weighted by Gasteiger charge is 2.08. The Balaban J connectivity index is 1.68. The molecule has 0 fully saturated rings. The summed E-state index contributed by atoms with van der Waals surface area (Å²) in [5, 5.41) is 4.13. The van der Waals surface area contributed by atoms with Crippen LogP contribution < -0.4 is 0 Å². The van der Waals surface area contributed by atoms with Gasteiger partial charge in [0.2, 0.25) is 11.7 Å². The van der Waals surface area contributed by atoms with Gasteiger partial charge in [0.1, 0.15) is 0 Å². The molecule has 1 heterocycles. The third-order valence-corrected chi connectivity index (χ3v) is 5.00. The molecule has 0 N–H and O–H groups in total. The van der Waals surface area contributed by atoms with Crippen molar-refractivity contribution in [2.75, 3.05) is 20.6 Å². The molecule has 4 heteroatoms. The van der Waals surface area contributed by atoms with Gasteiger partial charge in [0.25, 0.3) is 0 Å². The first-order valence-corrected chi connectivity index (χ1v) is 10.8. The Morgan fingerprint density at radius 1 is 0.815 bits per heavy atom. The fourth-order valence-corrected chi connectivity index (χ4v) is 3.30. The zero-order valence-electron chi connectivity index (χ0n) is 17.5. The third kappa shape index (κ3) is 8.70. The molecule has 0 spiro atoms. The van der Waals surface area contributed by atoms with Gasteiger partial charge in [-0.3, -0.25) is 0 Å². The first-order chi connectivity index (χ1) is 13.2. The average molecular weight is 372 g/mol. The van der Waals surface area contributed by atoms with Crippen LogP contribution in [0.5, 0.6) is 0 Å². The predicted octanol–water partition coefficient (Wildman–Crippen LogP) is 5.91. The van der Waals surface area contributed by atoms with Crippen LogP contribution in [-0.4, -0.2) is 35.7 Å². The number of rotatable bonds is 14. The molecule has 2 rings (SSSR count). The Kier molecular flexibility index (Phi) is 10.1. The normalized spacial score (nSPS) is 11.4. The summed E-state index contributed by atoms with van der Waals surface area (Å²) in [5.41, 5.74) is 2.44. The van der Waals surface area contributed by atoms with E-state index in [1.165, 1.54) is 56.9 Å². The van der Waals surface area contributed by atoms with Crippen LogP contribution in [0.4, 0.5) is 0 Å². The molecule has 1 aromatic heterocycles. The van der Waals surface area contributed by atoms with Crippen molar-refractivity contribution in [1.82, 2.24) is 15.0 Å². The number of hydrogen-bond acceptors (Lipinski definition) is 4. The van der Waals surface area contributed by atoms with Crippen LogP contribution in [-0.2, 0) is 12.8 Å². The molecule has 0 atom stereocenters. The van der Waals surface area contributed by atoms with Gasteiger partial charge in [-0.1, -0.05) is 81.3 Å². The lowest BCUT2D eigenvalue weighted by Gasteiger charge is -2.06. The van der Waals surface area contributed by atoms with Gasteiger partial charge in [-0.2, -0.15) is 4.98 Å². The van der Waals surface area contributed by atoms with E-state index in [-0.39, 0.29) is 0 Å². The number of aromatic nitrogens is 2. The van der Waals surface area contributed by atoms with E-state index >= 15 is 0 Å². The van der Waals surface area contributed by atoms with Gasteiger partial charge in [0.15, 0.2) is 0 Å². The fraction of sp³-hybridized carbons (Fsp3) is 0.652. The molecule has 4 nitrogen and oxygen atoms in total. The number of unbranched alkanes of at least 4 members (excludes halogenated alkanes) is 7. The number of aryl methyl sites for hydroxylation is 2. The van der Waals surface area contributed by atoms with E-state index in [4.69, 9.17) is 4.52 Å². The van der Waals surface area contributed by atoms with E-state index in [0.29, 0.717) is 5.82 Å². The molecule has 0 unspecified atom stereocenters. The molecule has 0 saturated carbocycles. The molecule has 0 bridgehead atoms. The van der Waals surface area contributed by atoms with Crippen LogP contribution in [0.2, 0.25) is 0 Å². The lowest BCUT2D eigenvalue weighted by atomic mass is 10.0. The molecule has 0 radical (unpaired) electrons. The standard InChI is InChI=1S/C23H37N3O/c1-4-5-6-7-8-9-10-11-13-20-15-17-21(18-16-20)23-24-22(27-25-23)14-12-19-26(2)3/h15-18H,4-14,19H2,1-3H3. The molecule has 2 aromatic rings. The smallest absolute Gasteiger partial charge is 0.227 e. The van der Waals surface area contributed by atoms with E-state index in [9.17, 15) is 0 Å². The van der Waals surface area contributed by atoms with Crippen LogP contribution in [0, 0.1) is 0 Å². The lowest BCUT2D eigenvalue weighted by Crippen LogP contribution is -2.13. The maximum absolute atomic E-state index is 5.38. The summed E-state index contributed by atoms with van der Waals surface area (Å²) in [7, 11) is 4.16. The minimum Gasteiger partial charge on any atom is -0.339 e. The highest BCUT2D eigenvalue weighted by molar-refractivity contribution is 5.54. The Bertz CT molecular complexity index is 619. The van der Waals surface area contributed by atoms with Gasteiger partial charge >= 0.3 is 0 Å². The number of benzene rings is 1. The summed E-state index contributed by atoms with van der Waals surface area (Å²) in [6.07, 6.45) is 14.0. The monoisotopic (exact) mass is 371 g/mol. The molecule has 0 aliphatic rings. The average Bonchev–Trinajstić information content (AvgIpc) is 3.13. The number of nitrogens with zero attached hydrogens (tertiary/aromatic N) is 3. The van der Waals surface area contributed by atoms with Crippen molar-refractivity contribution in [3.8, 4) is 11.4 Å². The molecule has 0 aliphatic carbocycles. The summed E-state index contributed by atoms with van der Waals surface area (Å²) in [5.74, 6) is 1.43. The summed E-state index contributed by atoms with van der Waals surface area (Å²) in [6.45, 7) is 3.31. The lowest BCUT2D eigenvalue weighted by molar-refractivity contribution is 0.354. The minimum absolute atomic E-state index is 0.702. The molecule has 1 aromatic carbocycles. The predicted molar refractivity (Wildman–Crippen MR) is 113 cm³/mol. The van der Waals surface area contributed by atoms with Gasteiger partial charge < -0.3 is 9.42 Å². The van der Waals surface area contributed by atoms with E-state index in [1.807, 2.05) is 0 Å². The van der Waals surface area contributed by atoms with Gasteiger partial charge in [0.05, 0.1) is 0 Å². The molecule has 27 heavy (non-hydrogen) atoms. The van der Waals surface area contributed by atoms with Crippen LogP contribution in [0.1, 0.15) is 76.2 Å². The Labute approximate surface area is 165 Å². The number of hydrogen-bond donors (Lipinski definition) is 0. The maximum atomic E-state index is 5.38. The van der Waals surface area contributed by atoms with Gasteiger partial charge in [-0.05, 0) is 45.5 Å². The summed E-state index contributed by atoms with van der Waals surface area (Å²) in [6, 6.07) is 8.65. The highest BCUT2D eigenvalue weighted by Crippen LogP contribution is 2.18. The maximum Gasteiger partial charge on any atom is 0.227 e. The quantitative estimate of drug-likeness (QED) is 0.387. The van der Waals surface area contributed by atoms with Crippen molar-refractivity contribution in [2.24, 2.45) is 0 Å². The van der Waals surface area contributed by atoms with Gasteiger partial charge in [0, 0.05) is 12.0 Å². The van der Waals surface area contributed by atoms with E-state index in [1.54, 1.807) is 0 Å². The van der Waals surface area contributed by atoms with Crippen LogP contribution >= 0.6 is 0 Å². The topological polar surface area (TPSA) is 42.2 Å². The second-order valence-corrected chi connectivity index (χ2v) is 7.84. The van der Waals surface area contributed by atoms with Crippen molar-refractivity contribution in [3.63, 3.8) is 0 Å². The highest BCUT2D eigenvalue weighted by atomic mass is 16.5. The largest absolute Gasteiger partial charge is 0.339 e. The summed E-state index contributed by atoms with van der Waals surface area (Å²) < 4.78 is 5.38. The van der Waals surface area contributed by atoms with Crippen LogP contribution in [0.15, 0.2) is 28.8 Å². The fourth-order valence-electron chi connectivity index (χ4n) is 3.30. The Morgan fingerprint density at radius 2 is 1.48 bits per heavy atom. The Hall–Kier alpha value is -1.68. The van der Waals surface area contributed by atoms with E-state index in [0.717, 1.165) is 37.3 Å². The molecule has 0 saturated heterocycles. The SMILES string of the molecule is CCCCCCCCCCc1ccc(-c2noc(CCCN(C)C)n2)cc1. The van der Waals surface area contributed by atoms with Crippen molar-refractivity contribution in [2.45, 2.75) is 77.6 Å². The molecule has 0 aliphatic heterocycles. The molecular weight excluding hydrogens is 334 g/mol. The molecular formula is C23H37N3O. The van der Waals surface area contributed by atoms with Crippen molar-refractivity contribution >= 4 is 0 Å². The Morgan fingerprint density at radius 3 is 2.15 bits per heavy atom. The summed E-state index contributed by atoms with van der Waals surface area (Å²) in [4.78, 5) is 6.70. The van der Waals surface area contributed by atoms with Gasteiger partial charge in [-0.25, -0.2) is 0 Å². The zero-order valence-corrected chi connectivity index (χ0v) is 17.5. The van der Waals surface area contributed by atoms with Crippen molar-refractivity contribution < 1.29 is 4.52 Å². The molecule has 150 valence electrons. The van der Waals surface area contributed by atoms with E-state index < -0.39 is 0 Å². The summed E-state index contributed by atoms with van der Waals surface area (Å²) >= 11 is 0. The zero-order chi connectivity index (χ0) is 19.3. The third-order valence-electron chi connectivity index (χ3n) is 5.00. The first-order valence-electron chi connectivity index (χ1n) is 10.8. The van der Waals surface area contributed by atoms with Crippen LogP contribution in [0.3, 0.4) is 0 Å². The van der Waals surface area contributed by atoms with E-state index in [2.05, 4.69) is 60.3 Å². The van der Waals surface area contributed by atoms with Crippen molar-refractivity contribution in [3.05, 3.63) is 35.7 Å². The van der Waals surface area contributed by atoms with Crippen LogP contribution in [0.25, 0.3) is 11.4 Å². The molecule has 0 amide bonds.